The van der Waals surface area contributed by atoms with Crippen molar-refractivity contribution in [2.75, 3.05) is 26.4 Å². The molecule has 0 aliphatic rings. The van der Waals surface area contributed by atoms with Gasteiger partial charge in [0.25, 0.3) is 0 Å². The van der Waals surface area contributed by atoms with E-state index in [1.165, 1.54) is 5.56 Å². The Labute approximate surface area is 108 Å². The molecule has 0 radical (unpaired) electrons. The van der Waals surface area contributed by atoms with Gasteiger partial charge in [0.05, 0.1) is 19.8 Å². The highest BCUT2D eigenvalue weighted by molar-refractivity contribution is 5.69. The standard InChI is InChI=1S/C14H20O4/c15-9-10-17-11-12-18-14(16)8-4-7-13-5-2-1-3-6-13/h1-3,5-6,15H,4,7-12H2. The van der Waals surface area contributed by atoms with E-state index < -0.39 is 0 Å². The van der Waals surface area contributed by atoms with Crippen LogP contribution >= 0.6 is 0 Å². The van der Waals surface area contributed by atoms with Crippen LogP contribution in [0.5, 0.6) is 0 Å². The lowest BCUT2D eigenvalue weighted by molar-refractivity contribution is -0.145. The van der Waals surface area contributed by atoms with E-state index in [0.717, 1.165) is 12.8 Å². The first-order valence-corrected chi connectivity index (χ1v) is 6.21. The van der Waals surface area contributed by atoms with Gasteiger partial charge in [-0.15, -0.1) is 0 Å². The second kappa shape index (κ2) is 9.62. The summed E-state index contributed by atoms with van der Waals surface area (Å²) in [5, 5.41) is 8.47. The highest BCUT2D eigenvalue weighted by Gasteiger charge is 2.02. The molecule has 0 atom stereocenters. The molecule has 0 fully saturated rings. The number of hydrogen-bond donors (Lipinski definition) is 1. The predicted octanol–water partition coefficient (Wildman–Crippen LogP) is 1.56. The van der Waals surface area contributed by atoms with Crippen LogP contribution in [0.1, 0.15) is 18.4 Å². The lowest BCUT2D eigenvalue weighted by Gasteiger charge is -2.05. The van der Waals surface area contributed by atoms with Gasteiger partial charge in [0.1, 0.15) is 6.61 Å². The maximum atomic E-state index is 11.3. The van der Waals surface area contributed by atoms with Crippen molar-refractivity contribution in [3.63, 3.8) is 0 Å². The number of carbonyl (C=O) groups is 1. The minimum atomic E-state index is -0.196. The molecule has 18 heavy (non-hydrogen) atoms. The Kier molecular flexibility index (Phi) is 7.84. The maximum absolute atomic E-state index is 11.3. The number of esters is 1. The Hall–Kier alpha value is -1.39. The molecular weight excluding hydrogens is 232 g/mol. The molecule has 0 aliphatic heterocycles. The van der Waals surface area contributed by atoms with E-state index >= 15 is 0 Å². The fourth-order valence-corrected chi connectivity index (χ4v) is 1.53. The molecule has 1 rings (SSSR count). The fraction of sp³-hybridized carbons (Fsp3) is 0.500. The van der Waals surface area contributed by atoms with Crippen molar-refractivity contribution < 1.29 is 19.4 Å². The maximum Gasteiger partial charge on any atom is 0.305 e. The van der Waals surface area contributed by atoms with Gasteiger partial charge in [-0.3, -0.25) is 4.79 Å². The summed E-state index contributed by atoms with van der Waals surface area (Å²) in [7, 11) is 0. The van der Waals surface area contributed by atoms with Crippen LogP contribution in [-0.2, 0) is 20.7 Å². The number of hydrogen-bond acceptors (Lipinski definition) is 4. The van der Waals surface area contributed by atoms with E-state index in [1.54, 1.807) is 0 Å². The minimum Gasteiger partial charge on any atom is -0.463 e. The number of benzene rings is 1. The van der Waals surface area contributed by atoms with Crippen molar-refractivity contribution in [2.24, 2.45) is 0 Å². The first-order valence-electron chi connectivity index (χ1n) is 6.21. The first kappa shape index (κ1) is 14.7. The van der Waals surface area contributed by atoms with Gasteiger partial charge in [-0.1, -0.05) is 30.3 Å². The number of aryl methyl sites for hydroxylation is 1. The van der Waals surface area contributed by atoms with E-state index in [-0.39, 0.29) is 25.8 Å². The van der Waals surface area contributed by atoms with Gasteiger partial charge in [-0.2, -0.15) is 0 Å². The average Bonchev–Trinajstić information content (AvgIpc) is 2.40. The number of carbonyl (C=O) groups excluding carboxylic acids is 1. The molecule has 0 heterocycles. The Morgan fingerprint density at radius 3 is 2.61 bits per heavy atom. The first-order chi connectivity index (χ1) is 8.83. The molecule has 1 aromatic carbocycles. The lowest BCUT2D eigenvalue weighted by Crippen LogP contribution is -2.12. The lowest BCUT2D eigenvalue weighted by atomic mass is 10.1. The summed E-state index contributed by atoms with van der Waals surface area (Å²) in [6.07, 6.45) is 2.10. The summed E-state index contributed by atoms with van der Waals surface area (Å²) in [5.41, 5.74) is 1.23. The molecule has 0 bridgehead atoms. The van der Waals surface area contributed by atoms with Crippen LogP contribution < -0.4 is 0 Å². The molecule has 0 saturated carbocycles. The van der Waals surface area contributed by atoms with E-state index in [9.17, 15) is 4.79 Å². The molecule has 0 saturated heterocycles. The molecule has 4 heteroatoms. The topological polar surface area (TPSA) is 55.8 Å². The summed E-state index contributed by atoms with van der Waals surface area (Å²) >= 11 is 0. The molecule has 4 nitrogen and oxygen atoms in total. The molecular formula is C14H20O4. The van der Waals surface area contributed by atoms with Gasteiger partial charge in [0.15, 0.2) is 0 Å². The molecule has 0 spiro atoms. The second-order valence-corrected chi connectivity index (χ2v) is 3.90. The summed E-state index contributed by atoms with van der Waals surface area (Å²) in [5.74, 6) is -0.196. The number of ether oxygens (including phenoxy) is 2. The summed E-state index contributed by atoms with van der Waals surface area (Å²) in [6.45, 7) is 0.867. The van der Waals surface area contributed by atoms with Crippen LogP contribution in [0, 0.1) is 0 Å². The number of rotatable bonds is 9. The van der Waals surface area contributed by atoms with Gasteiger partial charge in [0.2, 0.25) is 0 Å². The fourth-order valence-electron chi connectivity index (χ4n) is 1.53. The van der Waals surface area contributed by atoms with Gasteiger partial charge in [-0.25, -0.2) is 0 Å². The average molecular weight is 252 g/mol. The third-order valence-electron chi connectivity index (χ3n) is 2.42. The Morgan fingerprint density at radius 2 is 1.89 bits per heavy atom. The smallest absolute Gasteiger partial charge is 0.305 e. The summed E-state index contributed by atoms with van der Waals surface area (Å²) < 4.78 is 9.96. The quantitative estimate of drug-likeness (QED) is 0.535. The van der Waals surface area contributed by atoms with E-state index in [2.05, 4.69) is 0 Å². The SMILES string of the molecule is O=C(CCCc1ccccc1)OCCOCCO. The van der Waals surface area contributed by atoms with Crippen LogP contribution in [0.2, 0.25) is 0 Å². The van der Waals surface area contributed by atoms with Crippen molar-refractivity contribution >= 4 is 5.97 Å². The van der Waals surface area contributed by atoms with E-state index in [0.29, 0.717) is 13.0 Å². The predicted molar refractivity (Wildman–Crippen MR) is 68.2 cm³/mol. The highest BCUT2D eigenvalue weighted by atomic mass is 16.6. The van der Waals surface area contributed by atoms with Gasteiger partial charge < -0.3 is 14.6 Å². The zero-order valence-corrected chi connectivity index (χ0v) is 10.5. The van der Waals surface area contributed by atoms with Gasteiger partial charge in [-0.05, 0) is 18.4 Å². The van der Waals surface area contributed by atoms with Crippen LogP contribution in [0.15, 0.2) is 30.3 Å². The zero-order valence-electron chi connectivity index (χ0n) is 10.5. The number of aliphatic hydroxyl groups is 1. The monoisotopic (exact) mass is 252 g/mol. The molecule has 100 valence electrons. The van der Waals surface area contributed by atoms with Crippen molar-refractivity contribution in [3.05, 3.63) is 35.9 Å². The van der Waals surface area contributed by atoms with Gasteiger partial charge in [0, 0.05) is 6.42 Å². The van der Waals surface area contributed by atoms with Crippen molar-refractivity contribution in [1.82, 2.24) is 0 Å². The minimum absolute atomic E-state index is 0.00891. The van der Waals surface area contributed by atoms with Crippen molar-refractivity contribution in [3.8, 4) is 0 Å². The highest BCUT2D eigenvalue weighted by Crippen LogP contribution is 2.05. The Balaban J connectivity index is 2.00. The molecule has 1 aromatic rings. The Bertz CT molecular complexity index is 324. The van der Waals surface area contributed by atoms with Gasteiger partial charge >= 0.3 is 5.97 Å². The third kappa shape index (κ3) is 7.04. The molecule has 0 aromatic heterocycles. The van der Waals surface area contributed by atoms with Crippen LogP contribution in [0.25, 0.3) is 0 Å². The molecule has 0 amide bonds. The van der Waals surface area contributed by atoms with Crippen molar-refractivity contribution in [1.29, 1.82) is 0 Å². The summed E-state index contributed by atoms with van der Waals surface area (Å²) in [4.78, 5) is 11.3. The molecule has 0 unspecified atom stereocenters. The molecule has 1 N–H and O–H groups in total. The van der Waals surface area contributed by atoms with Crippen LogP contribution in [0.3, 0.4) is 0 Å². The Morgan fingerprint density at radius 1 is 1.11 bits per heavy atom. The zero-order chi connectivity index (χ0) is 13.1. The third-order valence-corrected chi connectivity index (χ3v) is 2.42. The normalized spacial score (nSPS) is 10.3. The van der Waals surface area contributed by atoms with E-state index in [4.69, 9.17) is 14.6 Å². The van der Waals surface area contributed by atoms with Crippen LogP contribution in [0.4, 0.5) is 0 Å². The summed E-state index contributed by atoms with van der Waals surface area (Å²) in [6, 6.07) is 10.1. The second-order valence-electron chi connectivity index (χ2n) is 3.90. The number of aliphatic hydroxyl groups excluding tert-OH is 1. The largest absolute Gasteiger partial charge is 0.463 e. The van der Waals surface area contributed by atoms with Crippen LogP contribution in [-0.4, -0.2) is 37.5 Å². The molecule has 0 aliphatic carbocycles. The van der Waals surface area contributed by atoms with Crippen molar-refractivity contribution in [2.45, 2.75) is 19.3 Å². The van der Waals surface area contributed by atoms with E-state index in [1.807, 2.05) is 30.3 Å².